The second kappa shape index (κ2) is 6.29. The fourth-order valence-electron chi connectivity index (χ4n) is 1.51. The lowest BCUT2D eigenvalue weighted by Crippen LogP contribution is -2.40. The van der Waals surface area contributed by atoms with Crippen molar-refractivity contribution in [3.63, 3.8) is 0 Å². The number of amides is 2. The third-order valence-electron chi connectivity index (χ3n) is 2.60. The van der Waals surface area contributed by atoms with Crippen molar-refractivity contribution in [3.05, 3.63) is 47.1 Å². The Kier molecular flexibility index (Phi) is 4.47. The summed E-state index contributed by atoms with van der Waals surface area (Å²) < 4.78 is 12.8. The predicted molar refractivity (Wildman–Crippen MR) is 75.6 cm³/mol. The van der Waals surface area contributed by atoms with Gasteiger partial charge in [-0.15, -0.1) is 11.3 Å². The van der Waals surface area contributed by atoms with Crippen molar-refractivity contribution in [2.45, 2.75) is 13.3 Å². The van der Waals surface area contributed by atoms with E-state index in [1.54, 1.807) is 31.2 Å². The van der Waals surface area contributed by atoms with Gasteiger partial charge in [0.05, 0.1) is 4.88 Å². The van der Waals surface area contributed by atoms with E-state index in [1.807, 2.05) is 0 Å². The second-order valence-electron chi connectivity index (χ2n) is 4.03. The predicted octanol–water partition coefficient (Wildman–Crippen LogP) is 2.73. The fraction of sp³-hybridized carbons (Fsp3) is 0.143. The molecule has 104 valence electrons. The van der Waals surface area contributed by atoms with Crippen LogP contribution in [0.1, 0.15) is 23.0 Å². The Bertz CT molecular complexity index is 622. The fourth-order valence-corrected chi connectivity index (χ4v) is 2.41. The summed E-state index contributed by atoms with van der Waals surface area (Å²) in [7, 11) is 0. The average Bonchev–Trinajstić information content (AvgIpc) is 2.95. The molecule has 1 aromatic carbocycles. The molecule has 2 amide bonds. The van der Waals surface area contributed by atoms with Crippen LogP contribution in [-0.2, 0) is 4.79 Å². The first-order valence-electron chi connectivity index (χ1n) is 6.05. The number of hydrogen-bond acceptors (Lipinski definition) is 3. The second-order valence-corrected chi connectivity index (χ2v) is 5.11. The van der Waals surface area contributed by atoms with Gasteiger partial charge in [-0.2, -0.15) is 0 Å². The molecule has 4 nitrogen and oxygen atoms in total. The standard InChI is InChI=1S/C14H13FN2O2S/c1-2-13(18)16-17-14(19)12-8-7-11(20-12)9-3-5-10(15)6-4-9/h3-8H,2H2,1H3,(H,16,18)(H,17,19). The first kappa shape index (κ1) is 14.2. The van der Waals surface area contributed by atoms with Crippen LogP contribution in [0.4, 0.5) is 4.39 Å². The van der Waals surface area contributed by atoms with Crippen molar-refractivity contribution in [1.29, 1.82) is 0 Å². The molecule has 0 aliphatic heterocycles. The summed E-state index contributed by atoms with van der Waals surface area (Å²) >= 11 is 1.27. The number of thiophene rings is 1. The van der Waals surface area contributed by atoms with Crippen LogP contribution in [0.5, 0.6) is 0 Å². The first-order chi connectivity index (χ1) is 9.60. The van der Waals surface area contributed by atoms with E-state index >= 15 is 0 Å². The third-order valence-corrected chi connectivity index (χ3v) is 3.73. The highest BCUT2D eigenvalue weighted by atomic mass is 32.1. The van der Waals surface area contributed by atoms with Gasteiger partial charge in [0.25, 0.3) is 5.91 Å². The average molecular weight is 292 g/mol. The van der Waals surface area contributed by atoms with Gasteiger partial charge in [-0.05, 0) is 29.8 Å². The Morgan fingerprint density at radius 1 is 1.10 bits per heavy atom. The minimum Gasteiger partial charge on any atom is -0.273 e. The van der Waals surface area contributed by atoms with Gasteiger partial charge in [-0.1, -0.05) is 19.1 Å². The zero-order valence-electron chi connectivity index (χ0n) is 10.8. The van der Waals surface area contributed by atoms with Crippen LogP contribution >= 0.6 is 11.3 Å². The molecule has 20 heavy (non-hydrogen) atoms. The number of hydrogen-bond donors (Lipinski definition) is 2. The van der Waals surface area contributed by atoms with Crippen molar-refractivity contribution in [1.82, 2.24) is 10.9 Å². The molecule has 0 aliphatic rings. The lowest BCUT2D eigenvalue weighted by molar-refractivity contribution is -0.121. The highest BCUT2D eigenvalue weighted by molar-refractivity contribution is 7.17. The Morgan fingerprint density at radius 3 is 2.45 bits per heavy atom. The van der Waals surface area contributed by atoms with E-state index in [-0.39, 0.29) is 17.6 Å². The zero-order valence-corrected chi connectivity index (χ0v) is 11.6. The van der Waals surface area contributed by atoms with Crippen LogP contribution in [0.3, 0.4) is 0 Å². The van der Waals surface area contributed by atoms with Gasteiger partial charge in [0.2, 0.25) is 5.91 Å². The van der Waals surface area contributed by atoms with E-state index in [1.165, 1.54) is 23.5 Å². The topological polar surface area (TPSA) is 58.2 Å². The zero-order chi connectivity index (χ0) is 14.5. The summed E-state index contributed by atoms with van der Waals surface area (Å²) in [5.74, 6) is -0.927. The molecule has 0 bridgehead atoms. The van der Waals surface area contributed by atoms with E-state index in [4.69, 9.17) is 0 Å². The smallest absolute Gasteiger partial charge is 0.273 e. The van der Waals surface area contributed by atoms with Crippen molar-refractivity contribution in [3.8, 4) is 10.4 Å². The van der Waals surface area contributed by atoms with E-state index in [0.29, 0.717) is 11.3 Å². The highest BCUT2D eigenvalue weighted by Crippen LogP contribution is 2.28. The molecule has 1 aromatic heterocycles. The molecule has 1 heterocycles. The van der Waals surface area contributed by atoms with Gasteiger partial charge >= 0.3 is 0 Å². The highest BCUT2D eigenvalue weighted by Gasteiger charge is 2.10. The molecule has 0 radical (unpaired) electrons. The number of benzene rings is 1. The van der Waals surface area contributed by atoms with Gasteiger partial charge < -0.3 is 0 Å². The molecule has 2 rings (SSSR count). The third kappa shape index (κ3) is 3.42. The Morgan fingerprint density at radius 2 is 1.80 bits per heavy atom. The number of hydrazine groups is 1. The number of rotatable bonds is 3. The Hall–Kier alpha value is -2.21. The van der Waals surface area contributed by atoms with Crippen LogP contribution < -0.4 is 10.9 Å². The summed E-state index contributed by atoms with van der Waals surface area (Å²) in [6.07, 6.45) is 0.297. The Balaban J connectivity index is 2.06. The number of nitrogens with one attached hydrogen (secondary N) is 2. The summed E-state index contributed by atoms with van der Waals surface area (Å²) in [5.41, 5.74) is 5.48. The molecule has 0 fully saturated rings. The van der Waals surface area contributed by atoms with E-state index in [0.717, 1.165) is 10.4 Å². The van der Waals surface area contributed by atoms with Crippen molar-refractivity contribution in [2.24, 2.45) is 0 Å². The van der Waals surface area contributed by atoms with Crippen LogP contribution in [0.2, 0.25) is 0 Å². The molecule has 6 heteroatoms. The summed E-state index contributed by atoms with van der Waals surface area (Å²) in [6, 6.07) is 9.50. The molecule has 2 N–H and O–H groups in total. The van der Waals surface area contributed by atoms with Gasteiger partial charge in [-0.25, -0.2) is 4.39 Å². The molecule has 0 unspecified atom stereocenters. The van der Waals surface area contributed by atoms with Crippen LogP contribution in [0.25, 0.3) is 10.4 Å². The summed E-state index contributed by atoms with van der Waals surface area (Å²) in [5, 5.41) is 0. The molecule has 0 atom stereocenters. The largest absolute Gasteiger partial charge is 0.279 e. The Labute approximate surface area is 119 Å². The minimum absolute atomic E-state index is 0.256. The SMILES string of the molecule is CCC(=O)NNC(=O)c1ccc(-c2ccc(F)cc2)s1. The lowest BCUT2D eigenvalue weighted by Gasteiger charge is -2.03. The summed E-state index contributed by atoms with van der Waals surface area (Å²) in [6.45, 7) is 1.69. The van der Waals surface area contributed by atoms with Crippen LogP contribution in [-0.4, -0.2) is 11.8 Å². The number of halogens is 1. The van der Waals surface area contributed by atoms with Gasteiger partial charge in [0.15, 0.2) is 0 Å². The molecule has 2 aromatic rings. The van der Waals surface area contributed by atoms with Crippen molar-refractivity contribution in [2.75, 3.05) is 0 Å². The molecule has 0 spiro atoms. The normalized spacial score (nSPS) is 10.1. The van der Waals surface area contributed by atoms with Gasteiger partial charge in [0.1, 0.15) is 5.82 Å². The number of carbonyl (C=O) groups is 2. The van der Waals surface area contributed by atoms with Gasteiger partial charge in [-0.3, -0.25) is 20.4 Å². The maximum absolute atomic E-state index is 12.8. The summed E-state index contributed by atoms with van der Waals surface area (Å²) in [4.78, 5) is 24.2. The molecule has 0 aliphatic carbocycles. The van der Waals surface area contributed by atoms with Crippen LogP contribution in [0.15, 0.2) is 36.4 Å². The lowest BCUT2D eigenvalue weighted by atomic mass is 10.2. The van der Waals surface area contributed by atoms with E-state index in [9.17, 15) is 14.0 Å². The van der Waals surface area contributed by atoms with Crippen LogP contribution in [0, 0.1) is 5.82 Å². The molecular weight excluding hydrogens is 279 g/mol. The monoisotopic (exact) mass is 292 g/mol. The van der Waals surface area contributed by atoms with Crippen molar-refractivity contribution >= 4 is 23.2 Å². The van der Waals surface area contributed by atoms with E-state index < -0.39 is 0 Å². The minimum atomic E-state index is -0.370. The van der Waals surface area contributed by atoms with Gasteiger partial charge in [0, 0.05) is 11.3 Å². The molecular formula is C14H13FN2O2S. The van der Waals surface area contributed by atoms with Crippen molar-refractivity contribution < 1.29 is 14.0 Å². The molecule has 0 saturated carbocycles. The maximum Gasteiger partial charge on any atom is 0.279 e. The van der Waals surface area contributed by atoms with E-state index in [2.05, 4.69) is 10.9 Å². The molecule has 0 saturated heterocycles. The number of carbonyl (C=O) groups excluding carboxylic acids is 2. The quantitative estimate of drug-likeness (QED) is 0.855. The first-order valence-corrected chi connectivity index (χ1v) is 6.86. The maximum atomic E-state index is 12.8.